The number of carbonyl (C=O) groups is 1. The molecule has 21 heavy (non-hydrogen) atoms. The number of benzene rings is 1. The first kappa shape index (κ1) is 16.8. The molecule has 0 aliphatic carbocycles. The number of esters is 1. The second kappa shape index (κ2) is 8.79. The van der Waals surface area contributed by atoms with Crippen molar-refractivity contribution in [1.29, 1.82) is 0 Å². The fourth-order valence-electron chi connectivity index (χ4n) is 1.51. The Morgan fingerprint density at radius 1 is 1.33 bits per heavy atom. The summed E-state index contributed by atoms with van der Waals surface area (Å²) >= 11 is 0. The zero-order valence-electron chi connectivity index (χ0n) is 12.8. The van der Waals surface area contributed by atoms with Crippen molar-refractivity contribution in [2.24, 2.45) is 5.16 Å². The van der Waals surface area contributed by atoms with Crippen LogP contribution in [0.2, 0.25) is 0 Å². The van der Waals surface area contributed by atoms with Crippen LogP contribution in [0, 0.1) is 0 Å². The van der Waals surface area contributed by atoms with Gasteiger partial charge in [-0.15, -0.1) is 0 Å². The van der Waals surface area contributed by atoms with Gasteiger partial charge in [-0.25, -0.2) is 4.79 Å². The minimum Gasteiger partial charge on any atom is -0.497 e. The van der Waals surface area contributed by atoms with Crippen LogP contribution in [-0.4, -0.2) is 32.0 Å². The first-order valence-corrected chi connectivity index (χ1v) is 6.75. The molecule has 114 valence electrons. The number of ether oxygens (including phenoxy) is 2. The van der Waals surface area contributed by atoms with Gasteiger partial charge in [-0.05, 0) is 44.0 Å². The van der Waals surface area contributed by atoms with Crippen LogP contribution < -0.4 is 4.74 Å². The molecular formula is C16H21NO4. The minimum absolute atomic E-state index is 0.326. The SMILES string of the molecule is CCOC(=O)C(C)O/N=C/C(C)=C/c1ccc(OC)cc1. The third kappa shape index (κ3) is 6.12. The number of hydrogen-bond donors (Lipinski definition) is 0. The number of rotatable bonds is 7. The van der Waals surface area contributed by atoms with Crippen LogP contribution in [0.3, 0.4) is 0 Å². The average Bonchev–Trinajstić information content (AvgIpc) is 2.48. The first-order valence-electron chi connectivity index (χ1n) is 6.75. The molecule has 5 nitrogen and oxygen atoms in total. The zero-order valence-corrected chi connectivity index (χ0v) is 12.8. The highest BCUT2D eigenvalue weighted by molar-refractivity contribution is 5.84. The normalized spacial score (nSPS) is 13.0. The zero-order chi connectivity index (χ0) is 15.7. The molecule has 1 aromatic rings. The Labute approximate surface area is 125 Å². The molecule has 0 bridgehead atoms. The van der Waals surface area contributed by atoms with E-state index in [1.807, 2.05) is 37.3 Å². The molecule has 0 aliphatic heterocycles. The highest BCUT2D eigenvalue weighted by Crippen LogP contribution is 2.13. The Kier molecular flexibility index (Phi) is 7.01. The standard InChI is InChI=1S/C16H21NO4/c1-5-20-16(18)13(3)21-17-11-12(2)10-14-6-8-15(19-4)9-7-14/h6-11,13H,5H2,1-4H3/b12-10+,17-11+. The summed E-state index contributed by atoms with van der Waals surface area (Å²) in [5, 5.41) is 3.79. The Bertz CT molecular complexity index is 506. The predicted octanol–water partition coefficient (Wildman–Crippen LogP) is 3.05. The van der Waals surface area contributed by atoms with E-state index in [0.29, 0.717) is 6.61 Å². The number of carbonyl (C=O) groups excluding carboxylic acids is 1. The van der Waals surface area contributed by atoms with Gasteiger partial charge in [-0.1, -0.05) is 23.4 Å². The van der Waals surface area contributed by atoms with Gasteiger partial charge in [0.25, 0.3) is 0 Å². The monoisotopic (exact) mass is 291 g/mol. The molecule has 0 saturated heterocycles. The Hall–Kier alpha value is -2.30. The van der Waals surface area contributed by atoms with Crippen molar-refractivity contribution in [3.63, 3.8) is 0 Å². The van der Waals surface area contributed by atoms with Crippen LogP contribution in [0.5, 0.6) is 5.75 Å². The molecule has 0 fully saturated rings. The maximum atomic E-state index is 11.3. The van der Waals surface area contributed by atoms with Crippen LogP contribution in [0.4, 0.5) is 0 Å². The molecular weight excluding hydrogens is 270 g/mol. The van der Waals surface area contributed by atoms with Crippen LogP contribution in [0.15, 0.2) is 35.0 Å². The van der Waals surface area contributed by atoms with Crippen molar-refractivity contribution in [3.05, 3.63) is 35.4 Å². The lowest BCUT2D eigenvalue weighted by molar-refractivity contribution is -0.155. The van der Waals surface area contributed by atoms with E-state index in [1.165, 1.54) is 0 Å². The third-order valence-electron chi connectivity index (χ3n) is 2.60. The molecule has 0 aliphatic rings. The quantitative estimate of drug-likeness (QED) is 0.440. The van der Waals surface area contributed by atoms with Crippen molar-refractivity contribution in [3.8, 4) is 5.75 Å². The number of allylic oxidation sites excluding steroid dienone is 1. The van der Waals surface area contributed by atoms with E-state index in [9.17, 15) is 4.79 Å². The summed E-state index contributed by atoms with van der Waals surface area (Å²) in [6, 6.07) is 7.65. The largest absolute Gasteiger partial charge is 0.497 e. The summed E-state index contributed by atoms with van der Waals surface area (Å²) < 4.78 is 9.91. The molecule has 0 heterocycles. The van der Waals surface area contributed by atoms with Gasteiger partial charge in [0.1, 0.15) is 5.75 Å². The summed E-state index contributed by atoms with van der Waals surface area (Å²) in [5.74, 6) is 0.386. The van der Waals surface area contributed by atoms with Crippen LogP contribution in [0.1, 0.15) is 26.3 Å². The molecule has 1 aromatic carbocycles. The molecule has 0 amide bonds. The summed E-state index contributed by atoms with van der Waals surface area (Å²) in [5.41, 5.74) is 1.93. The number of hydrogen-bond acceptors (Lipinski definition) is 5. The van der Waals surface area contributed by atoms with Crippen molar-refractivity contribution in [2.45, 2.75) is 26.9 Å². The maximum Gasteiger partial charge on any atom is 0.349 e. The van der Waals surface area contributed by atoms with Gasteiger partial charge in [-0.2, -0.15) is 0 Å². The van der Waals surface area contributed by atoms with Gasteiger partial charge in [-0.3, -0.25) is 0 Å². The molecule has 0 saturated carbocycles. The lowest BCUT2D eigenvalue weighted by Crippen LogP contribution is -2.21. The maximum absolute atomic E-state index is 11.3. The van der Waals surface area contributed by atoms with E-state index < -0.39 is 12.1 Å². The lowest BCUT2D eigenvalue weighted by Gasteiger charge is -2.07. The van der Waals surface area contributed by atoms with Crippen LogP contribution in [-0.2, 0) is 14.4 Å². The van der Waals surface area contributed by atoms with Gasteiger partial charge in [0.15, 0.2) is 0 Å². The van der Waals surface area contributed by atoms with Gasteiger partial charge >= 0.3 is 5.97 Å². The molecule has 1 unspecified atom stereocenters. The average molecular weight is 291 g/mol. The van der Waals surface area contributed by atoms with Crippen LogP contribution in [0.25, 0.3) is 6.08 Å². The second-order valence-corrected chi connectivity index (χ2v) is 4.40. The summed E-state index contributed by atoms with van der Waals surface area (Å²) in [6.07, 6.45) is 2.79. The van der Waals surface area contributed by atoms with E-state index in [-0.39, 0.29) is 0 Å². The molecule has 1 rings (SSSR count). The van der Waals surface area contributed by atoms with Crippen molar-refractivity contribution in [1.82, 2.24) is 0 Å². The van der Waals surface area contributed by atoms with E-state index in [4.69, 9.17) is 14.3 Å². The molecule has 0 aromatic heterocycles. The van der Waals surface area contributed by atoms with Gasteiger partial charge in [0.05, 0.1) is 19.9 Å². The smallest absolute Gasteiger partial charge is 0.349 e. The topological polar surface area (TPSA) is 57.1 Å². The molecule has 5 heteroatoms. The van der Waals surface area contributed by atoms with Crippen LogP contribution >= 0.6 is 0 Å². The van der Waals surface area contributed by atoms with Gasteiger partial charge < -0.3 is 14.3 Å². The highest BCUT2D eigenvalue weighted by Gasteiger charge is 2.14. The van der Waals surface area contributed by atoms with E-state index in [2.05, 4.69) is 5.16 Å². The molecule has 0 N–H and O–H groups in total. The summed E-state index contributed by atoms with van der Waals surface area (Å²) in [6.45, 7) is 5.56. The predicted molar refractivity (Wildman–Crippen MR) is 82.3 cm³/mol. The van der Waals surface area contributed by atoms with E-state index >= 15 is 0 Å². The van der Waals surface area contributed by atoms with Crippen molar-refractivity contribution < 1.29 is 19.1 Å². The summed E-state index contributed by atoms with van der Waals surface area (Å²) in [7, 11) is 1.63. The second-order valence-electron chi connectivity index (χ2n) is 4.40. The van der Waals surface area contributed by atoms with Crippen molar-refractivity contribution >= 4 is 18.3 Å². The number of methoxy groups -OCH3 is 1. The fourth-order valence-corrected chi connectivity index (χ4v) is 1.51. The van der Waals surface area contributed by atoms with Crippen molar-refractivity contribution in [2.75, 3.05) is 13.7 Å². The lowest BCUT2D eigenvalue weighted by atomic mass is 10.1. The number of nitrogens with zero attached hydrogens (tertiary/aromatic N) is 1. The Balaban J connectivity index is 2.54. The van der Waals surface area contributed by atoms with Gasteiger partial charge in [0, 0.05) is 0 Å². The third-order valence-corrected chi connectivity index (χ3v) is 2.60. The highest BCUT2D eigenvalue weighted by atomic mass is 16.7. The minimum atomic E-state index is -0.713. The van der Waals surface area contributed by atoms with Gasteiger partial charge in [0.2, 0.25) is 6.10 Å². The molecule has 1 atom stereocenters. The fraction of sp³-hybridized carbons (Fsp3) is 0.375. The molecule has 0 spiro atoms. The number of oxime groups is 1. The summed E-state index contributed by atoms with van der Waals surface area (Å²) in [4.78, 5) is 16.4. The molecule has 0 radical (unpaired) electrons. The Morgan fingerprint density at radius 2 is 2.00 bits per heavy atom. The first-order chi connectivity index (χ1) is 10.1. The van der Waals surface area contributed by atoms with E-state index in [0.717, 1.165) is 16.9 Å². The Morgan fingerprint density at radius 3 is 2.57 bits per heavy atom. The van der Waals surface area contributed by atoms with E-state index in [1.54, 1.807) is 27.2 Å².